The molecule has 0 aliphatic carbocycles. The lowest BCUT2D eigenvalue weighted by molar-refractivity contribution is -0.135. The molecule has 3 aliphatic heterocycles. The maximum atomic E-state index is 14.2. The van der Waals surface area contributed by atoms with Crippen LogP contribution in [0.4, 0.5) is 9.59 Å². The van der Waals surface area contributed by atoms with Gasteiger partial charge in [0.2, 0.25) is 5.91 Å². The minimum absolute atomic E-state index is 0.0893. The Morgan fingerprint density at radius 3 is 2.10 bits per heavy atom. The van der Waals surface area contributed by atoms with Crippen molar-refractivity contribution >= 4 is 35.3 Å². The molecule has 14 nitrogen and oxygen atoms in total. The van der Waals surface area contributed by atoms with Crippen LogP contribution in [0, 0.1) is 11.8 Å². The minimum atomic E-state index is -0.929. The third-order valence-corrected chi connectivity index (χ3v) is 11.7. The third kappa shape index (κ3) is 9.13. The predicted molar refractivity (Wildman–Crippen MR) is 228 cm³/mol. The van der Waals surface area contributed by atoms with Crippen molar-refractivity contribution in [1.29, 1.82) is 0 Å². The number of carbonyl (C=O) groups is 4. The first-order valence-corrected chi connectivity index (χ1v) is 20.4. The molecule has 3 aromatic carbocycles. The maximum Gasteiger partial charge on any atom is 0.407 e. The van der Waals surface area contributed by atoms with Gasteiger partial charge in [0, 0.05) is 44.4 Å². The summed E-state index contributed by atoms with van der Waals surface area (Å²) in [7, 11) is 4.23. The fourth-order valence-corrected chi connectivity index (χ4v) is 8.51. The number of nitrogens with one attached hydrogen (secondary N) is 3. The molecular weight excluding hydrogens is 763 g/mol. The molecule has 314 valence electrons. The van der Waals surface area contributed by atoms with E-state index < -0.39 is 24.3 Å². The van der Waals surface area contributed by atoms with E-state index in [4.69, 9.17) is 24.2 Å². The first kappa shape index (κ1) is 41.9. The Morgan fingerprint density at radius 1 is 0.800 bits per heavy atom. The summed E-state index contributed by atoms with van der Waals surface area (Å²) < 4.78 is 15.1. The van der Waals surface area contributed by atoms with Gasteiger partial charge in [-0.3, -0.25) is 14.6 Å². The van der Waals surface area contributed by atoms with Crippen molar-refractivity contribution in [2.45, 2.75) is 63.7 Å². The summed E-state index contributed by atoms with van der Waals surface area (Å²) in [4.78, 5) is 68.8. The molecular formula is C46H53N7O7. The zero-order chi connectivity index (χ0) is 42.3. The van der Waals surface area contributed by atoms with E-state index in [0.717, 1.165) is 52.1 Å². The number of amides is 4. The Bertz CT molecular complexity index is 2220. The quantitative estimate of drug-likeness (QED) is 0.131. The molecule has 4 aromatic rings. The minimum Gasteiger partial charge on any atom is -0.453 e. The van der Waals surface area contributed by atoms with Crippen molar-refractivity contribution < 1.29 is 33.4 Å². The summed E-state index contributed by atoms with van der Waals surface area (Å²) in [6.45, 7) is 5.39. The Morgan fingerprint density at radius 2 is 1.45 bits per heavy atom. The molecule has 0 spiro atoms. The second kappa shape index (κ2) is 18.8. The van der Waals surface area contributed by atoms with Gasteiger partial charge in [-0.05, 0) is 58.6 Å². The van der Waals surface area contributed by atoms with Gasteiger partial charge in [0.1, 0.15) is 17.9 Å². The largest absolute Gasteiger partial charge is 0.453 e. The molecule has 1 aromatic heterocycles. The number of alkyl carbamates (subject to hydrolysis) is 2. The molecule has 0 radical (unpaired) electrons. The van der Waals surface area contributed by atoms with Crippen LogP contribution >= 0.6 is 0 Å². The van der Waals surface area contributed by atoms with Crippen molar-refractivity contribution in [2.24, 2.45) is 16.8 Å². The van der Waals surface area contributed by atoms with Gasteiger partial charge >= 0.3 is 12.2 Å². The number of hydrogen-bond donors (Lipinski definition) is 3. The highest BCUT2D eigenvalue weighted by Gasteiger charge is 2.42. The number of allylic oxidation sites excluding steroid dienone is 1. The Balaban J connectivity index is 1.00. The number of carbonyl (C=O) groups excluding carboxylic acids is 4. The molecule has 60 heavy (non-hydrogen) atoms. The molecule has 0 unspecified atom stereocenters. The van der Waals surface area contributed by atoms with E-state index in [0.29, 0.717) is 43.9 Å². The molecule has 3 N–H and O–H groups in total. The van der Waals surface area contributed by atoms with E-state index in [1.54, 1.807) is 18.2 Å². The van der Waals surface area contributed by atoms with Crippen molar-refractivity contribution in [3.8, 4) is 22.4 Å². The van der Waals surface area contributed by atoms with E-state index in [1.807, 2.05) is 55.3 Å². The van der Waals surface area contributed by atoms with Crippen LogP contribution in [-0.4, -0.2) is 103 Å². The van der Waals surface area contributed by atoms with Gasteiger partial charge in [-0.25, -0.2) is 14.6 Å². The number of nitrogens with zero attached hydrogens (tertiary/aromatic N) is 4. The molecule has 2 fully saturated rings. The van der Waals surface area contributed by atoms with Crippen LogP contribution in [0.3, 0.4) is 0 Å². The highest BCUT2D eigenvalue weighted by atomic mass is 16.5. The number of rotatable bonds is 13. The van der Waals surface area contributed by atoms with Crippen molar-refractivity contribution in [2.75, 3.05) is 41.0 Å². The highest BCUT2D eigenvalue weighted by Crippen LogP contribution is 2.38. The fourth-order valence-electron chi connectivity index (χ4n) is 8.51. The fraction of sp³-hybridized carbons (Fsp3) is 0.391. The van der Waals surface area contributed by atoms with Crippen LogP contribution < -0.4 is 10.6 Å². The summed E-state index contributed by atoms with van der Waals surface area (Å²) in [6, 6.07) is 23.8. The lowest BCUT2D eigenvalue weighted by Crippen LogP contribution is -2.53. The van der Waals surface area contributed by atoms with Gasteiger partial charge in [-0.1, -0.05) is 92.7 Å². The Kier molecular flexibility index (Phi) is 13.1. The smallest absolute Gasteiger partial charge is 0.407 e. The number of aliphatic imine (C=N–C) groups is 1. The van der Waals surface area contributed by atoms with Crippen molar-refractivity contribution in [1.82, 2.24) is 30.4 Å². The van der Waals surface area contributed by atoms with Gasteiger partial charge in [0.05, 0.1) is 44.8 Å². The lowest BCUT2D eigenvalue weighted by atomic mass is 9.95. The van der Waals surface area contributed by atoms with E-state index in [1.165, 1.54) is 14.2 Å². The van der Waals surface area contributed by atoms with Crippen molar-refractivity contribution in [3.05, 3.63) is 108 Å². The number of imidazole rings is 1. The number of H-pyrrole nitrogens is 1. The lowest BCUT2D eigenvalue weighted by Gasteiger charge is -2.31. The third-order valence-electron chi connectivity index (χ3n) is 11.7. The Hall–Kier alpha value is -6.28. The van der Waals surface area contributed by atoms with E-state index in [2.05, 4.69) is 64.1 Å². The summed E-state index contributed by atoms with van der Waals surface area (Å²) in [6.07, 6.45) is 5.42. The van der Waals surface area contributed by atoms with E-state index in [-0.39, 0.29) is 35.7 Å². The number of benzene rings is 3. The second-order valence-electron chi connectivity index (χ2n) is 15.9. The molecule has 0 bridgehead atoms. The Labute approximate surface area is 350 Å². The van der Waals surface area contributed by atoms with Gasteiger partial charge in [-0.2, -0.15) is 0 Å². The number of hydrogen-bond acceptors (Lipinski definition) is 9. The second-order valence-corrected chi connectivity index (χ2v) is 15.9. The van der Waals surface area contributed by atoms with Gasteiger partial charge in [0.25, 0.3) is 5.91 Å². The monoisotopic (exact) mass is 815 g/mol. The predicted octanol–water partition coefficient (Wildman–Crippen LogP) is 6.93. The molecule has 5 atom stereocenters. The van der Waals surface area contributed by atoms with Crippen LogP contribution in [0.25, 0.3) is 28.0 Å². The summed E-state index contributed by atoms with van der Waals surface area (Å²) in [5.74, 6) is 0.304. The van der Waals surface area contributed by atoms with E-state index in [9.17, 15) is 19.2 Å². The van der Waals surface area contributed by atoms with Crippen LogP contribution in [0.15, 0.2) is 96.3 Å². The SMILES string of the molecule is COC[C@H]1C[C@@H](c2ncc(-c3ccc(-c4ccc(C5=CN=C([C@@H]6CCCN6C(=O)[C@@H](NC(=O)OC)C(C)C)C5)cc4)cc3)[nH]2)N(C(=O)[C@H](NC(=O)OC)c2ccccc2)C1. The first-order chi connectivity index (χ1) is 29.1. The maximum absolute atomic E-state index is 14.2. The highest BCUT2D eigenvalue weighted by molar-refractivity contribution is 6.04. The average molecular weight is 816 g/mol. The zero-order valence-corrected chi connectivity index (χ0v) is 34.7. The van der Waals surface area contributed by atoms with Crippen LogP contribution in [0.1, 0.15) is 68.6 Å². The number of ether oxygens (including phenoxy) is 3. The normalized spacial score (nSPS) is 19.7. The first-order valence-electron chi connectivity index (χ1n) is 20.4. The van der Waals surface area contributed by atoms with Gasteiger partial charge < -0.3 is 39.6 Å². The average Bonchev–Trinajstić information content (AvgIpc) is 4.12. The number of aromatic nitrogens is 2. The topological polar surface area (TPSA) is 168 Å². The van der Waals surface area contributed by atoms with Crippen LogP contribution in [0.2, 0.25) is 0 Å². The molecule has 14 heteroatoms. The van der Waals surface area contributed by atoms with Gasteiger partial charge in [0.15, 0.2) is 0 Å². The summed E-state index contributed by atoms with van der Waals surface area (Å²) in [5, 5.41) is 5.44. The van der Waals surface area contributed by atoms with Crippen LogP contribution in [-0.2, 0) is 23.8 Å². The number of methoxy groups -OCH3 is 3. The van der Waals surface area contributed by atoms with E-state index >= 15 is 0 Å². The zero-order valence-electron chi connectivity index (χ0n) is 34.7. The molecule has 2 saturated heterocycles. The summed E-state index contributed by atoms with van der Waals surface area (Å²) in [5.41, 5.74) is 7.70. The van der Waals surface area contributed by atoms with Crippen molar-refractivity contribution in [3.63, 3.8) is 0 Å². The van der Waals surface area contributed by atoms with Crippen LogP contribution in [0.5, 0.6) is 0 Å². The molecule has 4 amide bonds. The molecule has 3 aliphatic rings. The molecule has 4 heterocycles. The number of likely N-dealkylation sites (tertiary alicyclic amines) is 2. The number of aromatic amines is 1. The molecule has 0 saturated carbocycles. The standard InChI is InChI=1S/C46H53N7O7/c1-28(2)40(50-45(56)59-4)43(54)52-21-9-12-38(52)36-23-35(24-47-36)32-15-13-30(14-16-32)31-17-19-33(20-18-31)37-25-48-42(49-37)39-22-29(27-58-3)26-53(39)44(55)41(51-46(57)60-5)34-10-7-6-8-11-34/h6-8,10-11,13-20,24-25,28-29,38-41H,9,12,21-23,26-27H2,1-5H3,(H,48,49)(H,50,56)(H,51,57)/t29-,38-,39-,40-,41+/m0/s1. The molecule has 7 rings (SSSR count). The van der Waals surface area contributed by atoms with Gasteiger partial charge in [-0.15, -0.1) is 0 Å². The summed E-state index contributed by atoms with van der Waals surface area (Å²) >= 11 is 0.